The zero-order valence-corrected chi connectivity index (χ0v) is 14.3. The van der Waals surface area contributed by atoms with Crippen LogP contribution in [0, 0.1) is 23.7 Å². The molecule has 5 rings (SSSR count). The normalized spacial score (nSPS) is 34.0. The lowest BCUT2D eigenvalue weighted by atomic mass is 9.54. The summed E-state index contributed by atoms with van der Waals surface area (Å²) in [5.74, 6) is 3.62. The maximum atomic E-state index is 12.3. The molecule has 3 nitrogen and oxygen atoms in total. The predicted molar refractivity (Wildman–Crippen MR) is 87.1 cm³/mol. The predicted octanol–water partition coefficient (Wildman–Crippen LogP) is -0.279. The molecule has 4 saturated carbocycles. The highest BCUT2D eigenvalue weighted by Crippen LogP contribution is 2.53. The van der Waals surface area contributed by atoms with Crippen molar-refractivity contribution in [3.05, 3.63) is 35.9 Å². The van der Waals surface area contributed by atoms with Crippen LogP contribution in [0.15, 0.2) is 30.3 Å². The van der Waals surface area contributed by atoms with Crippen molar-refractivity contribution in [2.45, 2.75) is 44.7 Å². The fourth-order valence-electron chi connectivity index (χ4n) is 5.31. The van der Waals surface area contributed by atoms with Gasteiger partial charge in [-0.25, -0.2) is 0 Å². The Labute approximate surface area is 145 Å². The van der Waals surface area contributed by atoms with Gasteiger partial charge in [0.1, 0.15) is 0 Å². The van der Waals surface area contributed by atoms with E-state index in [2.05, 4.69) is 22.8 Å². The van der Waals surface area contributed by atoms with Gasteiger partial charge in [0.05, 0.1) is 6.54 Å². The molecule has 1 aromatic carbocycles. The molecular weight excluding hydrogens is 308 g/mol. The van der Waals surface area contributed by atoms with E-state index in [0.717, 1.165) is 30.2 Å². The molecule has 4 aliphatic carbocycles. The molecule has 0 aliphatic heterocycles. The minimum Gasteiger partial charge on any atom is -1.00 e. The van der Waals surface area contributed by atoms with Gasteiger partial charge in [-0.15, -0.1) is 0 Å². The first-order chi connectivity index (χ1) is 10.8. The second-order valence-corrected chi connectivity index (χ2v) is 7.61. The third kappa shape index (κ3) is 3.72. The average Bonchev–Trinajstić information content (AvgIpc) is 2.51. The maximum absolute atomic E-state index is 12.3. The monoisotopic (exact) mass is 333 g/mol. The van der Waals surface area contributed by atoms with Crippen LogP contribution in [0.3, 0.4) is 0 Å². The molecule has 4 fully saturated rings. The molecule has 4 bridgehead atoms. The molecule has 4 heteroatoms. The zero-order valence-electron chi connectivity index (χ0n) is 13.5. The highest BCUT2D eigenvalue weighted by molar-refractivity contribution is 5.78. The van der Waals surface area contributed by atoms with Gasteiger partial charge in [0.15, 0.2) is 0 Å². The summed E-state index contributed by atoms with van der Waals surface area (Å²) in [6.45, 7) is 1.19. The topological polar surface area (TPSA) is 41.1 Å². The second-order valence-electron chi connectivity index (χ2n) is 7.61. The summed E-state index contributed by atoms with van der Waals surface area (Å²) in [6.07, 6.45) is 6.89. The summed E-state index contributed by atoms with van der Waals surface area (Å²) >= 11 is 0. The molecule has 1 amide bonds. The highest BCUT2D eigenvalue weighted by Gasteiger charge is 2.48. The zero-order chi connectivity index (χ0) is 14.9. The molecule has 0 aromatic heterocycles. The fourth-order valence-corrected chi connectivity index (χ4v) is 5.31. The lowest BCUT2D eigenvalue weighted by molar-refractivity contribution is -0.124. The summed E-state index contributed by atoms with van der Waals surface area (Å²) in [4.78, 5) is 12.3. The number of rotatable bonds is 5. The van der Waals surface area contributed by atoms with Crippen molar-refractivity contribution >= 4 is 5.91 Å². The van der Waals surface area contributed by atoms with Gasteiger partial charge in [-0.2, -0.15) is 0 Å². The van der Waals surface area contributed by atoms with Crippen LogP contribution >= 0.6 is 0 Å². The van der Waals surface area contributed by atoms with Crippen LogP contribution in [-0.2, 0) is 11.3 Å². The van der Waals surface area contributed by atoms with E-state index in [1.807, 2.05) is 18.2 Å². The van der Waals surface area contributed by atoms with E-state index in [4.69, 9.17) is 0 Å². The van der Waals surface area contributed by atoms with E-state index in [-0.39, 0.29) is 18.3 Å². The van der Waals surface area contributed by atoms with Crippen molar-refractivity contribution in [2.75, 3.05) is 6.54 Å². The van der Waals surface area contributed by atoms with Crippen LogP contribution in [0.2, 0.25) is 0 Å². The Bertz CT molecular complexity index is 505. The van der Waals surface area contributed by atoms with Gasteiger partial charge in [-0.3, -0.25) is 4.79 Å². The number of hydrogen-bond acceptors (Lipinski definition) is 2. The van der Waals surface area contributed by atoms with Crippen LogP contribution in [-0.4, -0.2) is 18.5 Å². The number of carbonyl (C=O) groups excluding carboxylic acids is 1. The number of halogens is 1. The smallest absolute Gasteiger partial charge is 0.234 e. The molecule has 0 atom stereocenters. The van der Waals surface area contributed by atoms with Crippen molar-refractivity contribution in [3.8, 4) is 0 Å². The molecule has 0 radical (unpaired) electrons. The van der Waals surface area contributed by atoms with Gasteiger partial charge in [0.2, 0.25) is 5.91 Å². The van der Waals surface area contributed by atoms with Gasteiger partial charge >= 0.3 is 0 Å². The Morgan fingerprint density at radius 2 is 1.57 bits per heavy atom. The Morgan fingerprint density at radius 1 is 0.957 bits per heavy atom. The first-order valence-corrected chi connectivity index (χ1v) is 8.82. The number of carbonyl (C=O) groups is 1. The average molecular weight is 334 g/mol. The van der Waals surface area contributed by atoms with Gasteiger partial charge in [-0.05, 0) is 61.3 Å². The van der Waals surface area contributed by atoms with Gasteiger partial charge < -0.3 is 23.0 Å². The molecule has 4 aliphatic rings. The Balaban J connectivity index is 0.00000156. The van der Waals surface area contributed by atoms with Gasteiger partial charge in [0.25, 0.3) is 0 Å². The SMILES string of the molecule is O=C(CNCc1ccccc1)NC1C2CC3CC(C2)CC1C3.[Cl-]. The second kappa shape index (κ2) is 7.23. The van der Waals surface area contributed by atoms with Crippen molar-refractivity contribution in [3.63, 3.8) is 0 Å². The molecule has 126 valence electrons. The van der Waals surface area contributed by atoms with Gasteiger partial charge in [-0.1, -0.05) is 30.3 Å². The summed E-state index contributed by atoms with van der Waals surface area (Å²) < 4.78 is 0. The third-order valence-corrected chi connectivity index (χ3v) is 6.01. The summed E-state index contributed by atoms with van der Waals surface area (Å²) in [5, 5.41) is 6.61. The molecule has 23 heavy (non-hydrogen) atoms. The summed E-state index contributed by atoms with van der Waals surface area (Å²) in [6, 6.07) is 10.7. The van der Waals surface area contributed by atoms with E-state index in [1.54, 1.807) is 0 Å². The minimum absolute atomic E-state index is 0. The number of benzene rings is 1. The first-order valence-electron chi connectivity index (χ1n) is 8.82. The number of nitrogens with one attached hydrogen (secondary N) is 2. The third-order valence-electron chi connectivity index (χ3n) is 6.01. The fraction of sp³-hybridized carbons (Fsp3) is 0.632. The molecule has 0 saturated heterocycles. The standard InChI is InChI=1S/C19H26N2O.ClH/c22-18(12-20-11-13-4-2-1-3-5-13)21-19-16-7-14-6-15(9-16)10-17(19)8-14;/h1-5,14-17,19-20H,6-12H2,(H,21,22);1H/p-1. The van der Waals surface area contributed by atoms with Crippen LogP contribution < -0.4 is 23.0 Å². The summed E-state index contributed by atoms with van der Waals surface area (Å²) in [5.41, 5.74) is 1.23. The molecule has 0 spiro atoms. The largest absolute Gasteiger partial charge is 1.00 e. The van der Waals surface area contributed by atoms with Crippen molar-refractivity contribution in [1.29, 1.82) is 0 Å². The van der Waals surface area contributed by atoms with E-state index in [0.29, 0.717) is 12.6 Å². The lowest BCUT2D eigenvalue weighted by Gasteiger charge is -2.54. The number of amides is 1. The minimum atomic E-state index is 0. The van der Waals surface area contributed by atoms with Crippen molar-refractivity contribution in [2.24, 2.45) is 23.7 Å². The van der Waals surface area contributed by atoms with E-state index in [9.17, 15) is 4.79 Å². The maximum Gasteiger partial charge on any atom is 0.234 e. The van der Waals surface area contributed by atoms with Crippen LogP contribution in [0.25, 0.3) is 0 Å². The van der Waals surface area contributed by atoms with Crippen LogP contribution in [0.4, 0.5) is 0 Å². The molecule has 1 aromatic rings. The Hall–Kier alpha value is -1.06. The van der Waals surface area contributed by atoms with Crippen LogP contribution in [0.1, 0.15) is 37.7 Å². The molecule has 0 heterocycles. The summed E-state index contributed by atoms with van der Waals surface area (Å²) in [7, 11) is 0. The Morgan fingerprint density at radius 3 is 2.17 bits per heavy atom. The number of hydrogen-bond donors (Lipinski definition) is 2. The van der Waals surface area contributed by atoms with Crippen molar-refractivity contribution in [1.82, 2.24) is 10.6 Å². The van der Waals surface area contributed by atoms with Crippen LogP contribution in [0.5, 0.6) is 0 Å². The quantitative estimate of drug-likeness (QED) is 0.778. The van der Waals surface area contributed by atoms with E-state index in [1.165, 1.54) is 37.7 Å². The van der Waals surface area contributed by atoms with E-state index >= 15 is 0 Å². The molecule has 2 N–H and O–H groups in total. The highest BCUT2D eigenvalue weighted by atomic mass is 35.5. The first kappa shape index (κ1) is 16.8. The molecular formula is C19H26ClN2O-. The van der Waals surface area contributed by atoms with E-state index < -0.39 is 0 Å². The lowest BCUT2D eigenvalue weighted by Crippen LogP contribution is -3.00. The van der Waals surface area contributed by atoms with Gasteiger partial charge in [0, 0.05) is 12.6 Å². The Kier molecular flexibility index (Phi) is 5.27. The molecule has 0 unspecified atom stereocenters. The van der Waals surface area contributed by atoms with Crippen molar-refractivity contribution < 1.29 is 17.2 Å².